The summed E-state index contributed by atoms with van der Waals surface area (Å²) in [6.07, 6.45) is 0. The third kappa shape index (κ3) is 5.44. The second-order valence-electron chi connectivity index (χ2n) is 7.32. The Morgan fingerprint density at radius 1 is 0.824 bits per heavy atom. The van der Waals surface area contributed by atoms with Crippen molar-refractivity contribution in [1.29, 1.82) is 0 Å². The Labute approximate surface area is 194 Å². The topological polar surface area (TPSA) is 88.2 Å². The predicted octanol–water partition coefficient (Wildman–Crippen LogP) is 5.81. The van der Waals surface area contributed by atoms with Crippen LogP contribution in [0.3, 0.4) is 0 Å². The van der Waals surface area contributed by atoms with E-state index in [2.05, 4.69) is 25.9 Å². The van der Waals surface area contributed by atoms with Gasteiger partial charge in [0, 0.05) is 28.8 Å². The van der Waals surface area contributed by atoms with Gasteiger partial charge in [0.1, 0.15) is 28.8 Å². The van der Waals surface area contributed by atoms with Gasteiger partial charge in [-0.2, -0.15) is 4.98 Å². The number of halogens is 2. The van der Waals surface area contributed by atoms with Crippen molar-refractivity contribution in [3.8, 4) is 5.75 Å². The maximum Gasteiger partial charge on any atom is 0.261 e. The molecule has 9 heteroatoms. The van der Waals surface area contributed by atoms with Crippen molar-refractivity contribution in [2.45, 2.75) is 6.92 Å². The van der Waals surface area contributed by atoms with Crippen molar-refractivity contribution in [2.24, 2.45) is 0 Å². The average Bonchev–Trinajstić information content (AvgIpc) is 2.80. The lowest BCUT2D eigenvalue weighted by Gasteiger charge is -2.11. The molecule has 172 valence electrons. The molecule has 0 spiro atoms. The van der Waals surface area contributed by atoms with E-state index in [0.717, 1.165) is 29.3 Å². The molecule has 0 aliphatic heterocycles. The number of nitrogens with zero attached hydrogens (tertiary/aromatic N) is 2. The van der Waals surface area contributed by atoms with Gasteiger partial charge in [-0.05, 0) is 67.6 Å². The van der Waals surface area contributed by atoms with Gasteiger partial charge in [-0.15, -0.1) is 0 Å². The zero-order valence-electron chi connectivity index (χ0n) is 18.4. The summed E-state index contributed by atoms with van der Waals surface area (Å²) in [5.74, 6) is -0.979. The highest BCUT2D eigenvalue weighted by Gasteiger charge is 2.17. The van der Waals surface area contributed by atoms with E-state index in [9.17, 15) is 13.6 Å². The summed E-state index contributed by atoms with van der Waals surface area (Å²) < 4.78 is 32.8. The number of aryl methyl sites for hydroxylation is 1. The molecule has 3 aromatic carbocycles. The second-order valence-corrected chi connectivity index (χ2v) is 7.32. The summed E-state index contributed by atoms with van der Waals surface area (Å²) in [6.45, 7) is 1.85. The molecule has 0 aliphatic carbocycles. The summed E-state index contributed by atoms with van der Waals surface area (Å²) in [5, 5.41) is 8.81. The molecule has 0 bridgehead atoms. The van der Waals surface area contributed by atoms with Crippen LogP contribution in [0.4, 0.5) is 37.6 Å². The van der Waals surface area contributed by atoms with E-state index in [1.165, 1.54) is 6.07 Å². The quantitative estimate of drug-likeness (QED) is 0.322. The smallest absolute Gasteiger partial charge is 0.261 e. The first-order chi connectivity index (χ1) is 16.4. The van der Waals surface area contributed by atoms with Gasteiger partial charge in [0.15, 0.2) is 0 Å². The minimum Gasteiger partial charge on any atom is -0.497 e. The zero-order valence-corrected chi connectivity index (χ0v) is 18.4. The largest absolute Gasteiger partial charge is 0.497 e. The molecule has 0 fully saturated rings. The van der Waals surface area contributed by atoms with Crippen molar-refractivity contribution < 1.29 is 18.3 Å². The van der Waals surface area contributed by atoms with Crippen LogP contribution < -0.4 is 20.7 Å². The van der Waals surface area contributed by atoms with Gasteiger partial charge in [0.25, 0.3) is 5.91 Å². The number of anilines is 5. The van der Waals surface area contributed by atoms with E-state index in [1.54, 1.807) is 31.4 Å². The normalized spacial score (nSPS) is 10.5. The first-order valence-electron chi connectivity index (χ1n) is 10.3. The fourth-order valence-corrected chi connectivity index (χ4v) is 3.19. The number of benzene rings is 3. The molecular formula is C25H21F2N5O2. The minimum atomic E-state index is -0.925. The Morgan fingerprint density at radius 2 is 1.41 bits per heavy atom. The van der Waals surface area contributed by atoms with E-state index in [1.807, 2.05) is 37.3 Å². The zero-order chi connectivity index (χ0) is 24.1. The highest BCUT2D eigenvalue weighted by atomic mass is 19.1. The minimum absolute atomic E-state index is 0.376. The molecule has 4 rings (SSSR count). The Balaban J connectivity index is 1.44. The van der Waals surface area contributed by atoms with E-state index < -0.39 is 23.1 Å². The predicted molar refractivity (Wildman–Crippen MR) is 127 cm³/mol. The van der Waals surface area contributed by atoms with Crippen LogP contribution in [0.5, 0.6) is 5.75 Å². The number of methoxy groups -OCH3 is 1. The Hall–Kier alpha value is -4.53. The Bertz CT molecular complexity index is 1290. The summed E-state index contributed by atoms with van der Waals surface area (Å²) in [6, 6.07) is 19.1. The number of nitrogens with one attached hydrogen (secondary N) is 3. The van der Waals surface area contributed by atoms with Crippen molar-refractivity contribution >= 4 is 34.7 Å². The molecular weight excluding hydrogens is 440 g/mol. The van der Waals surface area contributed by atoms with Crippen LogP contribution in [0.15, 0.2) is 72.8 Å². The van der Waals surface area contributed by atoms with E-state index in [-0.39, 0.29) is 0 Å². The first-order valence-corrected chi connectivity index (χ1v) is 10.3. The fraction of sp³-hybridized carbons (Fsp3) is 0.0800. The van der Waals surface area contributed by atoms with Crippen LogP contribution in [0.25, 0.3) is 0 Å². The van der Waals surface area contributed by atoms with Gasteiger partial charge in [-0.1, -0.05) is 6.07 Å². The van der Waals surface area contributed by atoms with Gasteiger partial charge in [-0.25, -0.2) is 13.8 Å². The molecule has 1 aromatic heterocycles. The molecule has 1 amide bonds. The maximum absolute atomic E-state index is 13.8. The molecule has 4 aromatic rings. The number of hydrogen-bond acceptors (Lipinski definition) is 6. The standard InChI is InChI=1S/C25H21F2N5O2/c1-15-14-22(29-16-10-12-19(34-2)13-11-16)32-25(28-15)31-18-8-6-17(7-9-18)30-24(33)23-20(26)4-3-5-21(23)27/h3-14H,1-2H3,(H,30,33)(H2,28,29,31,32). The van der Waals surface area contributed by atoms with E-state index in [4.69, 9.17) is 4.74 Å². The Kier molecular flexibility index (Phi) is 6.63. The second kappa shape index (κ2) is 9.95. The first kappa shape index (κ1) is 22.7. The number of carbonyl (C=O) groups is 1. The summed E-state index contributed by atoms with van der Waals surface area (Å²) in [4.78, 5) is 21.1. The van der Waals surface area contributed by atoms with E-state index in [0.29, 0.717) is 23.1 Å². The molecule has 0 unspecified atom stereocenters. The Morgan fingerprint density at radius 3 is 2.06 bits per heavy atom. The van der Waals surface area contributed by atoms with Crippen LogP contribution in [0.2, 0.25) is 0 Å². The van der Waals surface area contributed by atoms with Crippen molar-refractivity contribution in [1.82, 2.24) is 9.97 Å². The van der Waals surface area contributed by atoms with Crippen molar-refractivity contribution in [3.63, 3.8) is 0 Å². The molecule has 0 saturated heterocycles. The van der Waals surface area contributed by atoms with Crippen molar-refractivity contribution in [2.75, 3.05) is 23.1 Å². The van der Waals surface area contributed by atoms with Crippen LogP contribution in [-0.2, 0) is 0 Å². The summed E-state index contributed by atoms with van der Waals surface area (Å²) >= 11 is 0. The highest BCUT2D eigenvalue weighted by Crippen LogP contribution is 2.22. The van der Waals surface area contributed by atoms with E-state index >= 15 is 0 Å². The molecule has 0 radical (unpaired) electrons. The number of amides is 1. The van der Waals surface area contributed by atoms with Crippen LogP contribution >= 0.6 is 0 Å². The third-order valence-electron chi connectivity index (χ3n) is 4.81. The average molecular weight is 461 g/mol. The summed E-state index contributed by atoms with van der Waals surface area (Å²) in [5.41, 5.74) is 2.01. The number of hydrogen-bond donors (Lipinski definition) is 3. The lowest BCUT2D eigenvalue weighted by Crippen LogP contribution is -2.15. The molecule has 0 atom stereocenters. The third-order valence-corrected chi connectivity index (χ3v) is 4.81. The molecule has 0 saturated carbocycles. The number of carbonyl (C=O) groups excluding carboxylic acids is 1. The highest BCUT2D eigenvalue weighted by molar-refractivity contribution is 6.04. The molecule has 34 heavy (non-hydrogen) atoms. The van der Waals surface area contributed by atoms with Crippen LogP contribution in [0, 0.1) is 18.6 Å². The fourth-order valence-electron chi connectivity index (χ4n) is 3.19. The van der Waals surface area contributed by atoms with Gasteiger partial charge < -0.3 is 20.7 Å². The number of aromatic nitrogens is 2. The number of rotatable bonds is 7. The number of ether oxygens (including phenoxy) is 1. The van der Waals surface area contributed by atoms with Crippen LogP contribution in [0.1, 0.15) is 16.1 Å². The maximum atomic E-state index is 13.8. The van der Waals surface area contributed by atoms with Crippen LogP contribution in [-0.4, -0.2) is 23.0 Å². The molecule has 7 nitrogen and oxygen atoms in total. The monoisotopic (exact) mass is 461 g/mol. The molecule has 3 N–H and O–H groups in total. The lowest BCUT2D eigenvalue weighted by molar-refractivity contribution is 0.101. The lowest BCUT2D eigenvalue weighted by atomic mass is 10.1. The van der Waals surface area contributed by atoms with Gasteiger partial charge in [-0.3, -0.25) is 4.79 Å². The van der Waals surface area contributed by atoms with Gasteiger partial charge >= 0.3 is 0 Å². The summed E-state index contributed by atoms with van der Waals surface area (Å²) in [7, 11) is 1.61. The molecule has 1 heterocycles. The van der Waals surface area contributed by atoms with Gasteiger partial charge in [0.05, 0.1) is 7.11 Å². The molecule has 0 aliphatic rings. The SMILES string of the molecule is COc1ccc(Nc2cc(C)nc(Nc3ccc(NC(=O)c4c(F)cccc4F)cc3)n2)cc1. The van der Waals surface area contributed by atoms with Gasteiger partial charge in [0.2, 0.25) is 5.95 Å². The van der Waals surface area contributed by atoms with Crippen molar-refractivity contribution in [3.05, 3.63) is 95.7 Å².